The highest BCUT2D eigenvalue weighted by Gasteiger charge is 2.16. The van der Waals surface area contributed by atoms with Crippen molar-refractivity contribution in [2.45, 2.75) is 33.1 Å². The molecule has 0 saturated carbocycles. The molecule has 146 valence electrons. The molecular formula is C25H23NO3. The SMILES string of the molecule is CC[C@H](C)c1ccc(-c2ccc(-c3cc(C(=O)O)c4cc(C)ccc4n3)o2)cc1. The molecule has 0 bridgehead atoms. The van der Waals surface area contributed by atoms with Crippen LogP contribution >= 0.6 is 0 Å². The lowest BCUT2D eigenvalue weighted by atomic mass is 9.97. The van der Waals surface area contributed by atoms with Gasteiger partial charge < -0.3 is 9.52 Å². The molecule has 0 amide bonds. The summed E-state index contributed by atoms with van der Waals surface area (Å²) in [6, 6.07) is 19.3. The zero-order valence-corrected chi connectivity index (χ0v) is 16.8. The standard InChI is InChI=1S/C25H23NO3/c1-4-16(3)17-6-8-18(9-7-17)23-11-12-24(29-23)22-14-20(25(27)28)19-13-15(2)5-10-21(19)26-22/h5-14,16H,4H2,1-3H3,(H,27,28)/t16-/m0/s1. The van der Waals surface area contributed by atoms with Gasteiger partial charge in [0.1, 0.15) is 11.5 Å². The van der Waals surface area contributed by atoms with Crippen LogP contribution in [0.3, 0.4) is 0 Å². The number of aromatic nitrogens is 1. The molecule has 4 rings (SSSR count). The van der Waals surface area contributed by atoms with E-state index in [0.29, 0.717) is 28.3 Å². The summed E-state index contributed by atoms with van der Waals surface area (Å²) in [6.45, 7) is 6.33. The number of hydrogen-bond acceptors (Lipinski definition) is 3. The van der Waals surface area contributed by atoms with Gasteiger partial charge in [-0.25, -0.2) is 9.78 Å². The number of benzene rings is 2. The number of furan rings is 1. The molecule has 1 N–H and O–H groups in total. The smallest absolute Gasteiger partial charge is 0.336 e. The van der Waals surface area contributed by atoms with E-state index in [-0.39, 0.29) is 5.56 Å². The molecule has 2 heterocycles. The number of aromatic carboxylic acids is 1. The van der Waals surface area contributed by atoms with Crippen LogP contribution in [0.2, 0.25) is 0 Å². The van der Waals surface area contributed by atoms with Crippen LogP contribution in [0.25, 0.3) is 33.7 Å². The first-order valence-electron chi connectivity index (χ1n) is 9.81. The largest absolute Gasteiger partial charge is 0.478 e. The summed E-state index contributed by atoms with van der Waals surface area (Å²) in [6.07, 6.45) is 1.10. The van der Waals surface area contributed by atoms with Gasteiger partial charge in [0.05, 0.1) is 11.1 Å². The van der Waals surface area contributed by atoms with Gasteiger partial charge in [-0.3, -0.25) is 0 Å². The molecular weight excluding hydrogens is 362 g/mol. The number of carboxylic acids is 1. The van der Waals surface area contributed by atoms with E-state index in [1.54, 1.807) is 6.07 Å². The number of nitrogens with zero attached hydrogens (tertiary/aromatic N) is 1. The number of carboxylic acid groups (broad SMARTS) is 1. The Kier molecular flexibility index (Phi) is 4.93. The van der Waals surface area contributed by atoms with Gasteiger partial charge in [-0.2, -0.15) is 0 Å². The Labute approximate surface area is 169 Å². The Morgan fingerprint density at radius 2 is 1.76 bits per heavy atom. The Balaban J connectivity index is 1.73. The molecule has 0 aliphatic carbocycles. The van der Waals surface area contributed by atoms with E-state index in [1.807, 2.05) is 37.3 Å². The predicted octanol–water partition coefficient (Wildman–Crippen LogP) is 6.68. The first-order chi connectivity index (χ1) is 14.0. The molecule has 0 radical (unpaired) electrons. The van der Waals surface area contributed by atoms with Crippen molar-refractivity contribution in [3.8, 4) is 22.8 Å². The third-order valence-electron chi connectivity index (χ3n) is 5.43. The van der Waals surface area contributed by atoms with E-state index >= 15 is 0 Å². The maximum atomic E-state index is 11.8. The van der Waals surface area contributed by atoms with Crippen LogP contribution in [-0.4, -0.2) is 16.1 Å². The molecule has 0 fully saturated rings. The van der Waals surface area contributed by atoms with Gasteiger partial charge >= 0.3 is 5.97 Å². The van der Waals surface area contributed by atoms with Crippen molar-refractivity contribution < 1.29 is 14.3 Å². The van der Waals surface area contributed by atoms with E-state index in [0.717, 1.165) is 23.3 Å². The second-order valence-corrected chi connectivity index (χ2v) is 7.48. The lowest BCUT2D eigenvalue weighted by Gasteiger charge is -2.09. The van der Waals surface area contributed by atoms with Crippen molar-refractivity contribution in [3.05, 3.63) is 77.4 Å². The maximum Gasteiger partial charge on any atom is 0.336 e. The topological polar surface area (TPSA) is 63.3 Å². The molecule has 4 nitrogen and oxygen atoms in total. The van der Waals surface area contributed by atoms with Crippen molar-refractivity contribution in [2.75, 3.05) is 0 Å². The summed E-state index contributed by atoms with van der Waals surface area (Å²) in [5, 5.41) is 10.3. The molecule has 4 aromatic rings. The van der Waals surface area contributed by atoms with E-state index in [4.69, 9.17) is 4.42 Å². The number of fused-ring (bicyclic) bond motifs is 1. The average molecular weight is 385 g/mol. The molecule has 2 aromatic heterocycles. The predicted molar refractivity (Wildman–Crippen MR) is 115 cm³/mol. The molecule has 2 aromatic carbocycles. The van der Waals surface area contributed by atoms with E-state index in [1.165, 1.54) is 5.56 Å². The van der Waals surface area contributed by atoms with E-state index < -0.39 is 5.97 Å². The van der Waals surface area contributed by atoms with Crippen molar-refractivity contribution in [1.82, 2.24) is 4.98 Å². The van der Waals surface area contributed by atoms with Crippen molar-refractivity contribution >= 4 is 16.9 Å². The van der Waals surface area contributed by atoms with Gasteiger partial charge in [-0.05, 0) is 55.2 Å². The third-order valence-corrected chi connectivity index (χ3v) is 5.43. The summed E-state index contributed by atoms with van der Waals surface area (Å²) in [5.74, 6) is 0.835. The molecule has 0 aliphatic heterocycles. The van der Waals surface area contributed by atoms with Crippen LogP contribution in [-0.2, 0) is 0 Å². The lowest BCUT2D eigenvalue weighted by Crippen LogP contribution is -2.00. The van der Waals surface area contributed by atoms with Gasteiger partial charge in [-0.1, -0.05) is 49.7 Å². The summed E-state index contributed by atoms with van der Waals surface area (Å²) in [5.41, 5.74) is 4.67. The van der Waals surface area contributed by atoms with Gasteiger partial charge in [0.15, 0.2) is 5.76 Å². The van der Waals surface area contributed by atoms with Crippen molar-refractivity contribution in [2.24, 2.45) is 0 Å². The zero-order valence-electron chi connectivity index (χ0n) is 16.8. The number of hydrogen-bond donors (Lipinski definition) is 1. The third kappa shape index (κ3) is 3.66. The van der Waals surface area contributed by atoms with Crippen molar-refractivity contribution in [3.63, 3.8) is 0 Å². The summed E-state index contributed by atoms with van der Waals surface area (Å²) in [4.78, 5) is 16.4. The summed E-state index contributed by atoms with van der Waals surface area (Å²) >= 11 is 0. The second-order valence-electron chi connectivity index (χ2n) is 7.48. The van der Waals surface area contributed by atoms with Crippen LogP contribution in [0.15, 0.2) is 65.1 Å². The monoisotopic (exact) mass is 385 g/mol. The number of aryl methyl sites for hydroxylation is 1. The quantitative estimate of drug-likeness (QED) is 0.416. The van der Waals surface area contributed by atoms with Crippen LogP contribution < -0.4 is 0 Å². The zero-order chi connectivity index (χ0) is 20.5. The number of carbonyl (C=O) groups is 1. The number of pyridine rings is 1. The Bertz CT molecular complexity index is 1190. The summed E-state index contributed by atoms with van der Waals surface area (Å²) in [7, 11) is 0. The van der Waals surface area contributed by atoms with Crippen LogP contribution in [0.4, 0.5) is 0 Å². The highest BCUT2D eigenvalue weighted by Crippen LogP contribution is 2.31. The molecule has 0 aliphatic rings. The first kappa shape index (κ1) is 18.9. The van der Waals surface area contributed by atoms with Crippen LogP contribution in [0, 0.1) is 6.92 Å². The normalized spacial score (nSPS) is 12.2. The maximum absolute atomic E-state index is 11.8. The molecule has 0 saturated heterocycles. The van der Waals surface area contributed by atoms with Crippen LogP contribution in [0.5, 0.6) is 0 Å². The highest BCUT2D eigenvalue weighted by atomic mass is 16.4. The van der Waals surface area contributed by atoms with E-state index in [9.17, 15) is 9.90 Å². The second kappa shape index (κ2) is 7.55. The molecule has 1 atom stereocenters. The Morgan fingerprint density at radius 3 is 2.45 bits per heavy atom. The highest BCUT2D eigenvalue weighted by molar-refractivity contribution is 6.03. The van der Waals surface area contributed by atoms with Gasteiger partial charge in [0, 0.05) is 10.9 Å². The fourth-order valence-electron chi connectivity index (χ4n) is 3.49. The Hall–Kier alpha value is -3.40. The van der Waals surface area contributed by atoms with Gasteiger partial charge in [0.25, 0.3) is 0 Å². The molecule has 29 heavy (non-hydrogen) atoms. The van der Waals surface area contributed by atoms with Crippen LogP contribution in [0.1, 0.15) is 47.7 Å². The fraction of sp³-hybridized carbons (Fsp3) is 0.200. The van der Waals surface area contributed by atoms with Gasteiger partial charge in [0.2, 0.25) is 0 Å². The average Bonchev–Trinajstić information content (AvgIpc) is 3.22. The minimum absolute atomic E-state index is 0.226. The molecule has 4 heteroatoms. The molecule has 0 spiro atoms. The lowest BCUT2D eigenvalue weighted by molar-refractivity contribution is 0.0699. The number of rotatable bonds is 5. The van der Waals surface area contributed by atoms with Gasteiger partial charge in [-0.15, -0.1) is 0 Å². The minimum atomic E-state index is -0.975. The van der Waals surface area contributed by atoms with Crippen molar-refractivity contribution in [1.29, 1.82) is 0 Å². The van der Waals surface area contributed by atoms with E-state index in [2.05, 4.69) is 43.1 Å². The summed E-state index contributed by atoms with van der Waals surface area (Å²) < 4.78 is 6.03. The Morgan fingerprint density at radius 1 is 1.03 bits per heavy atom. The fourth-order valence-corrected chi connectivity index (χ4v) is 3.49. The minimum Gasteiger partial charge on any atom is -0.478 e. The first-order valence-corrected chi connectivity index (χ1v) is 9.81. The molecule has 0 unspecified atom stereocenters.